The van der Waals surface area contributed by atoms with Gasteiger partial charge < -0.3 is 15.2 Å². The number of carbonyl (C=O) groups is 2. The number of aromatic amines is 1. The van der Waals surface area contributed by atoms with Crippen LogP contribution in [-0.4, -0.2) is 39.3 Å². The lowest BCUT2D eigenvalue weighted by atomic mass is 10.0. The third-order valence-electron chi connectivity index (χ3n) is 4.89. The van der Waals surface area contributed by atoms with Gasteiger partial charge in [-0.05, 0) is 36.5 Å². The fourth-order valence-electron chi connectivity index (χ4n) is 3.51. The minimum Gasteiger partial charge on any atom is -0.344 e. The van der Waals surface area contributed by atoms with Gasteiger partial charge in [-0.25, -0.2) is 4.98 Å². The second-order valence-corrected chi connectivity index (χ2v) is 8.22. The van der Waals surface area contributed by atoms with E-state index in [0.717, 1.165) is 34.4 Å². The molecule has 2 unspecified atom stereocenters. The van der Waals surface area contributed by atoms with Crippen molar-refractivity contribution < 1.29 is 9.59 Å². The molecular weight excluding hydrogens is 408 g/mol. The first kappa shape index (κ1) is 19.6. The summed E-state index contributed by atoms with van der Waals surface area (Å²) in [5, 5.41) is 2.80. The molecule has 2 heterocycles. The molecule has 2 amide bonds. The van der Waals surface area contributed by atoms with Crippen LogP contribution in [-0.2, 0) is 9.59 Å². The maximum absolute atomic E-state index is 13.1. The second kappa shape index (κ2) is 8.25. The second-order valence-electron chi connectivity index (χ2n) is 7.30. The summed E-state index contributed by atoms with van der Waals surface area (Å²) >= 11 is 3.44. The Morgan fingerprint density at radius 1 is 1.30 bits per heavy atom. The highest BCUT2D eigenvalue weighted by Crippen LogP contribution is 2.32. The number of imidazole rings is 1. The standard InChI is InChI=1S/C20H25BrN4O2/c1-12(2)18(23-13(3)26)20(27)25-10-4-5-17(25)19-22-11-16(24-19)14-6-8-15(21)9-7-14/h6-9,11-12,17-18H,4-5,10H2,1-3H3,(H,22,24)(H,23,26). The lowest BCUT2D eigenvalue weighted by molar-refractivity contribution is -0.138. The molecule has 1 aliphatic heterocycles. The van der Waals surface area contributed by atoms with Crippen LogP contribution in [0.3, 0.4) is 0 Å². The summed E-state index contributed by atoms with van der Waals surface area (Å²) in [7, 11) is 0. The molecule has 2 atom stereocenters. The van der Waals surface area contributed by atoms with Crippen LogP contribution in [0.15, 0.2) is 34.9 Å². The summed E-state index contributed by atoms with van der Waals surface area (Å²) in [6.07, 6.45) is 3.60. The Bertz CT molecular complexity index is 816. The van der Waals surface area contributed by atoms with Crippen LogP contribution < -0.4 is 5.32 Å². The van der Waals surface area contributed by atoms with Gasteiger partial charge in [0.05, 0.1) is 17.9 Å². The van der Waals surface area contributed by atoms with E-state index in [1.165, 1.54) is 6.92 Å². The highest BCUT2D eigenvalue weighted by molar-refractivity contribution is 9.10. The van der Waals surface area contributed by atoms with Crippen LogP contribution in [0.25, 0.3) is 11.3 Å². The summed E-state index contributed by atoms with van der Waals surface area (Å²) < 4.78 is 1.02. The molecule has 3 rings (SSSR count). The molecule has 2 N–H and O–H groups in total. The van der Waals surface area contributed by atoms with Crippen molar-refractivity contribution in [1.29, 1.82) is 0 Å². The molecule has 1 aliphatic rings. The molecular formula is C20H25BrN4O2. The molecule has 0 radical (unpaired) electrons. The van der Waals surface area contributed by atoms with Crippen LogP contribution in [0.4, 0.5) is 0 Å². The van der Waals surface area contributed by atoms with E-state index in [9.17, 15) is 9.59 Å². The Labute approximate surface area is 167 Å². The largest absolute Gasteiger partial charge is 0.344 e. The van der Waals surface area contributed by atoms with E-state index in [2.05, 4.69) is 31.2 Å². The van der Waals surface area contributed by atoms with E-state index in [1.54, 1.807) is 0 Å². The smallest absolute Gasteiger partial charge is 0.246 e. The topological polar surface area (TPSA) is 78.1 Å². The molecule has 1 fully saturated rings. The number of amides is 2. The number of aromatic nitrogens is 2. The average Bonchev–Trinajstić information content (AvgIpc) is 3.28. The monoisotopic (exact) mass is 432 g/mol. The van der Waals surface area contributed by atoms with Crippen molar-refractivity contribution in [3.8, 4) is 11.3 Å². The zero-order valence-corrected chi connectivity index (χ0v) is 17.4. The number of benzene rings is 1. The predicted molar refractivity (Wildman–Crippen MR) is 108 cm³/mol. The van der Waals surface area contributed by atoms with E-state index < -0.39 is 6.04 Å². The van der Waals surface area contributed by atoms with Gasteiger partial charge in [0, 0.05) is 17.9 Å². The number of H-pyrrole nitrogens is 1. The number of hydrogen-bond acceptors (Lipinski definition) is 3. The normalized spacial score (nSPS) is 18.0. The van der Waals surface area contributed by atoms with E-state index in [1.807, 2.05) is 49.2 Å². The van der Waals surface area contributed by atoms with Crippen molar-refractivity contribution in [2.45, 2.75) is 45.7 Å². The SMILES string of the molecule is CC(=O)NC(C(=O)N1CCCC1c1ncc(-c2ccc(Br)cc2)[nH]1)C(C)C. The maximum Gasteiger partial charge on any atom is 0.246 e. The van der Waals surface area contributed by atoms with Gasteiger partial charge in [0.1, 0.15) is 11.9 Å². The first-order valence-electron chi connectivity index (χ1n) is 9.25. The molecule has 0 aliphatic carbocycles. The first-order valence-corrected chi connectivity index (χ1v) is 10.0. The van der Waals surface area contributed by atoms with E-state index in [4.69, 9.17) is 0 Å². The number of halogens is 1. The lowest BCUT2D eigenvalue weighted by Crippen LogP contribution is -2.50. The zero-order chi connectivity index (χ0) is 19.6. The number of nitrogens with zero attached hydrogens (tertiary/aromatic N) is 2. The van der Waals surface area contributed by atoms with Gasteiger partial charge in [0.15, 0.2) is 0 Å². The van der Waals surface area contributed by atoms with E-state index in [-0.39, 0.29) is 23.8 Å². The van der Waals surface area contributed by atoms with Crippen molar-refractivity contribution in [2.24, 2.45) is 5.92 Å². The number of likely N-dealkylation sites (tertiary alicyclic amines) is 1. The number of nitrogens with one attached hydrogen (secondary N) is 2. The van der Waals surface area contributed by atoms with E-state index >= 15 is 0 Å². The third kappa shape index (κ3) is 4.40. The van der Waals surface area contributed by atoms with Crippen molar-refractivity contribution in [2.75, 3.05) is 6.54 Å². The molecule has 1 saturated heterocycles. The Balaban J connectivity index is 1.81. The van der Waals surface area contributed by atoms with Crippen molar-refractivity contribution in [3.63, 3.8) is 0 Å². The van der Waals surface area contributed by atoms with Gasteiger partial charge in [-0.1, -0.05) is 41.9 Å². The van der Waals surface area contributed by atoms with Gasteiger partial charge in [0.2, 0.25) is 11.8 Å². The Hall–Kier alpha value is -2.15. The first-order chi connectivity index (χ1) is 12.9. The maximum atomic E-state index is 13.1. The quantitative estimate of drug-likeness (QED) is 0.756. The summed E-state index contributed by atoms with van der Waals surface area (Å²) in [5.74, 6) is 0.597. The van der Waals surface area contributed by atoms with Crippen LogP contribution in [0.1, 0.15) is 45.5 Å². The van der Waals surface area contributed by atoms with Gasteiger partial charge in [-0.2, -0.15) is 0 Å². The van der Waals surface area contributed by atoms with Gasteiger partial charge >= 0.3 is 0 Å². The summed E-state index contributed by atoms with van der Waals surface area (Å²) in [6, 6.07) is 7.42. The van der Waals surface area contributed by atoms with Crippen molar-refractivity contribution >= 4 is 27.7 Å². The molecule has 27 heavy (non-hydrogen) atoms. The molecule has 7 heteroatoms. The van der Waals surface area contributed by atoms with Gasteiger partial charge in [-0.15, -0.1) is 0 Å². The predicted octanol–water partition coefficient (Wildman–Crippen LogP) is 3.66. The zero-order valence-electron chi connectivity index (χ0n) is 15.8. The minimum atomic E-state index is -0.510. The average molecular weight is 433 g/mol. The fraction of sp³-hybridized carbons (Fsp3) is 0.450. The van der Waals surface area contributed by atoms with Crippen LogP contribution in [0.2, 0.25) is 0 Å². The summed E-state index contributed by atoms with van der Waals surface area (Å²) in [5.41, 5.74) is 1.98. The number of hydrogen-bond donors (Lipinski definition) is 2. The highest BCUT2D eigenvalue weighted by Gasteiger charge is 2.36. The fourth-order valence-corrected chi connectivity index (χ4v) is 3.77. The lowest BCUT2D eigenvalue weighted by Gasteiger charge is -2.30. The van der Waals surface area contributed by atoms with Crippen LogP contribution in [0, 0.1) is 5.92 Å². The van der Waals surface area contributed by atoms with E-state index in [0.29, 0.717) is 6.54 Å². The minimum absolute atomic E-state index is 0.0255. The van der Waals surface area contributed by atoms with Gasteiger partial charge in [0.25, 0.3) is 0 Å². The van der Waals surface area contributed by atoms with Crippen molar-refractivity contribution in [1.82, 2.24) is 20.2 Å². The molecule has 1 aromatic carbocycles. The Morgan fingerprint density at radius 2 is 2.00 bits per heavy atom. The molecule has 1 aromatic heterocycles. The van der Waals surface area contributed by atoms with Crippen molar-refractivity contribution in [3.05, 3.63) is 40.8 Å². The van der Waals surface area contributed by atoms with Crippen LogP contribution >= 0.6 is 15.9 Å². The molecule has 6 nitrogen and oxygen atoms in total. The molecule has 0 spiro atoms. The third-order valence-corrected chi connectivity index (χ3v) is 5.42. The Kier molecular flexibility index (Phi) is 5.99. The number of carbonyl (C=O) groups excluding carboxylic acids is 2. The highest BCUT2D eigenvalue weighted by atomic mass is 79.9. The number of rotatable bonds is 5. The molecule has 144 valence electrons. The molecule has 0 saturated carbocycles. The Morgan fingerprint density at radius 3 is 2.63 bits per heavy atom. The molecule has 2 aromatic rings. The summed E-state index contributed by atoms with van der Waals surface area (Å²) in [4.78, 5) is 34.4. The van der Waals surface area contributed by atoms with Crippen LogP contribution in [0.5, 0.6) is 0 Å². The van der Waals surface area contributed by atoms with Gasteiger partial charge in [-0.3, -0.25) is 9.59 Å². The summed E-state index contributed by atoms with van der Waals surface area (Å²) in [6.45, 7) is 6.02. The molecule has 0 bridgehead atoms.